The average molecular weight is 818 g/mol. The summed E-state index contributed by atoms with van der Waals surface area (Å²) in [5.41, 5.74) is 13.7. The number of quaternary nitrogens is 1. The van der Waals surface area contributed by atoms with Gasteiger partial charge in [0.05, 0.1) is 23.8 Å². The van der Waals surface area contributed by atoms with Crippen LogP contribution in [-0.4, -0.2) is 63.9 Å². The van der Waals surface area contributed by atoms with Gasteiger partial charge >= 0.3 is 0 Å². The van der Waals surface area contributed by atoms with Crippen molar-refractivity contribution in [2.24, 2.45) is 28.0 Å². The van der Waals surface area contributed by atoms with Gasteiger partial charge in [0.25, 0.3) is 6.23 Å². The number of aryl methyl sites for hydroxylation is 1. The van der Waals surface area contributed by atoms with E-state index in [9.17, 15) is 25.2 Å². The number of rotatable bonds is 13. The minimum atomic E-state index is -1.06. The molecular formula is C49H61N4O7+. The lowest BCUT2D eigenvalue weighted by Gasteiger charge is -2.36. The van der Waals surface area contributed by atoms with Gasteiger partial charge in [-0.3, -0.25) is 20.0 Å². The zero-order chi connectivity index (χ0) is 42.0. The smallest absolute Gasteiger partial charge is 0.252 e. The van der Waals surface area contributed by atoms with Crippen molar-refractivity contribution in [1.29, 1.82) is 0 Å². The molecule has 8 atom stereocenters. The van der Waals surface area contributed by atoms with Crippen molar-refractivity contribution in [3.05, 3.63) is 75.1 Å². The van der Waals surface area contributed by atoms with Crippen molar-refractivity contribution >= 4 is 12.0 Å². The molecule has 0 amide bonds. The Labute approximate surface area is 354 Å². The van der Waals surface area contributed by atoms with Crippen LogP contribution < -0.4 is 25.4 Å². The largest absolute Gasteiger partial charge is 0.508 e. The summed E-state index contributed by atoms with van der Waals surface area (Å²) in [5, 5.41) is 48.3. The number of allylic oxidation sites excluding steroid dienone is 1. The molecule has 0 saturated heterocycles. The van der Waals surface area contributed by atoms with Gasteiger partial charge < -0.3 is 35.6 Å². The van der Waals surface area contributed by atoms with Crippen LogP contribution >= 0.6 is 0 Å². The average Bonchev–Trinajstić information content (AvgIpc) is 3.97. The number of fused-ring (bicyclic) bond motifs is 8. The fourth-order valence-electron chi connectivity index (χ4n) is 10.4. The number of ether oxygens (including phenoxy) is 2. The van der Waals surface area contributed by atoms with Crippen molar-refractivity contribution in [1.82, 2.24) is 5.32 Å². The van der Waals surface area contributed by atoms with E-state index in [1.807, 2.05) is 25.3 Å². The van der Waals surface area contributed by atoms with Gasteiger partial charge in [-0.2, -0.15) is 0 Å². The number of phenolic OH excluding ortho intramolecular Hbond substituents is 1. The van der Waals surface area contributed by atoms with E-state index in [-0.39, 0.29) is 42.7 Å². The highest BCUT2D eigenvalue weighted by Crippen LogP contribution is 2.47. The van der Waals surface area contributed by atoms with Gasteiger partial charge in [0.1, 0.15) is 48.1 Å². The molecule has 1 aliphatic carbocycles. The third-order valence-electron chi connectivity index (χ3n) is 13.8. The van der Waals surface area contributed by atoms with E-state index < -0.39 is 41.8 Å². The van der Waals surface area contributed by atoms with Crippen LogP contribution in [0.3, 0.4) is 0 Å². The van der Waals surface area contributed by atoms with Crippen molar-refractivity contribution < 1.29 is 39.6 Å². The van der Waals surface area contributed by atoms with Crippen LogP contribution in [0.2, 0.25) is 0 Å². The van der Waals surface area contributed by atoms with Crippen LogP contribution in [0.5, 0.6) is 17.2 Å². The molecule has 8 N–H and O–H groups in total. The molecule has 318 valence electrons. The maximum absolute atomic E-state index is 13.8. The van der Waals surface area contributed by atoms with Crippen LogP contribution in [0.15, 0.2) is 52.3 Å². The molecule has 2 aromatic rings. The second kappa shape index (κ2) is 18.3. The number of hydrogen-bond acceptors (Lipinski definition) is 10. The molecule has 5 heterocycles. The molecule has 0 radical (unpaired) electrons. The Morgan fingerprint density at radius 2 is 1.88 bits per heavy atom. The van der Waals surface area contributed by atoms with Gasteiger partial charge in [-0.1, -0.05) is 82.3 Å². The van der Waals surface area contributed by atoms with Crippen LogP contribution in [0, 0.1) is 41.1 Å². The molecule has 5 aliphatic heterocycles. The Bertz CT molecular complexity index is 2180. The van der Waals surface area contributed by atoms with E-state index in [0.717, 1.165) is 103 Å². The van der Waals surface area contributed by atoms with Gasteiger partial charge in [0.2, 0.25) is 0 Å². The number of aromatic hydroxyl groups is 1. The van der Waals surface area contributed by atoms with Gasteiger partial charge in [0, 0.05) is 43.2 Å². The maximum atomic E-state index is 13.8. The van der Waals surface area contributed by atoms with E-state index >= 15 is 0 Å². The lowest BCUT2D eigenvalue weighted by Crippen LogP contribution is -3.12. The maximum Gasteiger partial charge on any atom is 0.252 e. The molecular weight excluding hydrogens is 757 g/mol. The predicted molar refractivity (Wildman–Crippen MR) is 229 cm³/mol. The first kappa shape index (κ1) is 42.2. The molecule has 1 spiro atoms. The van der Waals surface area contributed by atoms with E-state index in [4.69, 9.17) is 20.2 Å². The number of carbonyl (C=O) groups is 1. The summed E-state index contributed by atoms with van der Waals surface area (Å²) in [6, 6.07) is 7.26. The number of benzene rings is 2. The summed E-state index contributed by atoms with van der Waals surface area (Å²) in [7, 11) is 0. The summed E-state index contributed by atoms with van der Waals surface area (Å²) in [5.74, 6) is 9.88. The molecule has 1 fully saturated rings. The third kappa shape index (κ3) is 8.54. The molecule has 6 aliphatic rings. The number of nitrogens with one attached hydrogen (secondary N) is 2. The summed E-state index contributed by atoms with van der Waals surface area (Å²) in [6.45, 7) is 5.46. The van der Waals surface area contributed by atoms with E-state index in [0.29, 0.717) is 37.1 Å². The molecule has 8 rings (SSSR count). The number of ketones is 1. The molecule has 11 nitrogen and oxygen atoms in total. The number of aliphatic imine (C=N–C) groups is 1. The number of nitrogens with two attached hydrogens (primary N) is 1. The number of hydrogen-bond donors (Lipinski definition) is 7. The first-order valence-electron chi connectivity index (χ1n) is 22.4. The summed E-state index contributed by atoms with van der Waals surface area (Å²) < 4.78 is 13.2. The van der Waals surface area contributed by atoms with Crippen LogP contribution in [0.4, 0.5) is 0 Å². The fraction of sp³-hybridized carbons (Fsp3) is 0.551. The molecule has 60 heavy (non-hydrogen) atoms. The number of aliphatic hydroxyl groups is 3. The highest BCUT2D eigenvalue weighted by Gasteiger charge is 2.51. The normalized spacial score (nSPS) is 26.0. The number of phenols is 1. The summed E-state index contributed by atoms with van der Waals surface area (Å²) in [6.07, 6.45) is 13.7. The summed E-state index contributed by atoms with van der Waals surface area (Å²) >= 11 is 0. The third-order valence-corrected chi connectivity index (χ3v) is 13.8. The molecule has 11 heteroatoms. The van der Waals surface area contributed by atoms with Crippen molar-refractivity contribution in [2.45, 2.75) is 141 Å². The molecule has 1 saturated carbocycles. The number of aliphatic hydroxyl groups excluding tert-OH is 3. The molecule has 0 aromatic heterocycles. The highest BCUT2D eigenvalue weighted by atomic mass is 16.5. The Kier molecular flexibility index (Phi) is 12.9. The molecule has 2 bridgehead atoms. The minimum absolute atomic E-state index is 0.0340. The van der Waals surface area contributed by atoms with Gasteiger partial charge in [-0.25, -0.2) is 0 Å². The monoisotopic (exact) mass is 817 g/mol. The Morgan fingerprint density at radius 1 is 1.07 bits per heavy atom. The second-order valence-electron chi connectivity index (χ2n) is 17.7. The number of nitrogens with zero attached hydrogens (tertiary/aromatic N) is 1. The van der Waals surface area contributed by atoms with Crippen LogP contribution in [-0.2, 0) is 24.1 Å². The van der Waals surface area contributed by atoms with Crippen molar-refractivity contribution in [3.63, 3.8) is 0 Å². The quantitative estimate of drug-likeness (QED) is 0.111. The van der Waals surface area contributed by atoms with Gasteiger partial charge in [-0.15, -0.1) is 0 Å². The Balaban J connectivity index is 1.14. The van der Waals surface area contributed by atoms with Crippen LogP contribution in [0.1, 0.15) is 131 Å². The van der Waals surface area contributed by atoms with Gasteiger partial charge in [-0.05, 0) is 84.4 Å². The van der Waals surface area contributed by atoms with Crippen molar-refractivity contribution in [2.75, 3.05) is 13.1 Å². The SMILES string of the molecule is CCCCCC(C(=O)CCc1cc2c(cc1O)OC#CC1(CCCC1)C1C#CC(O)c3ccc4c(c3CC3=C5C[NH+](C=C5N=C3)C1O2)CCNC4N)C(O)CC(O)CCC. The number of Topliss-reactive ketones (excluding diaryl/α,β-unsaturated/α-hetero) is 1. The van der Waals surface area contributed by atoms with Crippen molar-refractivity contribution in [3.8, 4) is 41.1 Å². The second-order valence-corrected chi connectivity index (χ2v) is 17.7. The lowest BCUT2D eigenvalue weighted by molar-refractivity contribution is -0.891. The van der Waals surface area contributed by atoms with Gasteiger partial charge in [0.15, 0.2) is 11.5 Å². The first-order valence-corrected chi connectivity index (χ1v) is 22.4. The predicted octanol–water partition coefficient (Wildman–Crippen LogP) is 4.75. The highest BCUT2D eigenvalue weighted by molar-refractivity contribution is 5.87. The van der Waals surface area contributed by atoms with Crippen LogP contribution in [0.25, 0.3) is 0 Å². The van der Waals surface area contributed by atoms with E-state index in [2.05, 4.69) is 42.3 Å². The Morgan fingerprint density at radius 3 is 2.68 bits per heavy atom. The standard InChI is InChI=1S/C49H60N4O7/c1-3-5-6-10-36(44(58)25-32(54)9-4-2)42(56)15-11-30-24-46-45(26-43(30)57)59-22-20-49(18-7-8-19-49)39-14-16-41(55)34-12-13-35-33(17-21-51-47(35)50)37(34)23-31-27-52-40-29-53(28-38(31)40)48(39)60-46/h12-13,24,26-27,29,32,36,39,41,44,47-48,51,54-55,57-58H,3-11,15,17-19,21,23,25,28,50H2,1-2H3/p+1. The minimum Gasteiger partial charge on any atom is -0.508 e. The zero-order valence-electron chi connectivity index (χ0n) is 35.1. The lowest BCUT2D eigenvalue weighted by atomic mass is 9.73. The zero-order valence-corrected chi connectivity index (χ0v) is 35.1. The summed E-state index contributed by atoms with van der Waals surface area (Å²) in [4.78, 5) is 19.7. The van der Waals surface area contributed by atoms with E-state index in [1.165, 1.54) is 11.6 Å². The first-order chi connectivity index (χ1) is 29.1. The molecule has 2 aromatic carbocycles. The number of unbranched alkanes of at least 4 members (excludes halogenated alkanes) is 2. The van der Waals surface area contributed by atoms with E-state index in [1.54, 1.807) is 6.07 Å². The Hall–Kier alpha value is -4.46. The molecule has 8 unspecified atom stereocenters. The fourth-order valence-corrected chi connectivity index (χ4v) is 10.4. The topological polar surface area (TPSA) is 171 Å². The number of carbonyl (C=O) groups excluding carboxylic acids is 1.